The predicted molar refractivity (Wildman–Crippen MR) is 106 cm³/mol. The van der Waals surface area contributed by atoms with Crippen LogP contribution in [-0.4, -0.2) is 19.2 Å². The predicted octanol–water partition coefficient (Wildman–Crippen LogP) is 4.49. The van der Waals surface area contributed by atoms with Gasteiger partial charge in [-0.2, -0.15) is 0 Å². The Kier molecular flexibility index (Phi) is 6.02. The topological polar surface area (TPSA) is 64.6 Å². The SMILES string of the molecule is COC(=O)C(C)C1C[C@@]1(C)C(NC(=O)OCc1ccccc1)c1ccccc1. The van der Waals surface area contributed by atoms with E-state index < -0.39 is 6.09 Å². The molecule has 0 aromatic heterocycles. The quantitative estimate of drug-likeness (QED) is 0.718. The number of carbonyl (C=O) groups is 2. The van der Waals surface area contributed by atoms with Crippen molar-refractivity contribution in [1.29, 1.82) is 0 Å². The summed E-state index contributed by atoms with van der Waals surface area (Å²) in [6.07, 6.45) is 0.372. The highest BCUT2D eigenvalue weighted by Gasteiger charge is 2.59. The molecule has 4 atom stereocenters. The van der Waals surface area contributed by atoms with E-state index in [1.165, 1.54) is 7.11 Å². The van der Waals surface area contributed by atoms with E-state index >= 15 is 0 Å². The maximum absolute atomic E-state index is 12.5. The van der Waals surface area contributed by atoms with Gasteiger partial charge in [-0.1, -0.05) is 74.5 Å². The molecule has 1 aliphatic carbocycles. The van der Waals surface area contributed by atoms with E-state index in [9.17, 15) is 9.59 Å². The Morgan fingerprint density at radius 3 is 2.32 bits per heavy atom. The van der Waals surface area contributed by atoms with Crippen molar-refractivity contribution in [1.82, 2.24) is 5.32 Å². The van der Waals surface area contributed by atoms with Gasteiger partial charge in [0.25, 0.3) is 0 Å². The molecule has 1 saturated carbocycles. The van der Waals surface area contributed by atoms with E-state index in [1.807, 2.05) is 67.6 Å². The molecule has 28 heavy (non-hydrogen) atoms. The van der Waals surface area contributed by atoms with Crippen LogP contribution < -0.4 is 5.32 Å². The summed E-state index contributed by atoms with van der Waals surface area (Å²) >= 11 is 0. The van der Waals surface area contributed by atoms with Crippen LogP contribution in [0.2, 0.25) is 0 Å². The second-order valence-corrected chi connectivity index (χ2v) is 7.68. The number of benzene rings is 2. The molecular formula is C23H27NO4. The van der Waals surface area contributed by atoms with Crippen molar-refractivity contribution in [3.8, 4) is 0 Å². The number of hydrogen-bond acceptors (Lipinski definition) is 4. The molecule has 2 aromatic rings. The van der Waals surface area contributed by atoms with Gasteiger partial charge in [0.15, 0.2) is 0 Å². The molecule has 0 heterocycles. The molecule has 0 spiro atoms. The number of esters is 1. The normalized spacial score (nSPS) is 22.6. The standard InChI is InChI=1S/C23H27NO4/c1-16(21(25)27-3)19-14-23(19,2)20(18-12-8-5-9-13-18)24-22(26)28-15-17-10-6-4-7-11-17/h4-13,16,19-20H,14-15H2,1-3H3,(H,24,26)/t16?,19?,20?,23-/m1/s1. The molecule has 2 aromatic carbocycles. The first kappa shape index (κ1) is 19.9. The molecule has 3 rings (SSSR count). The summed E-state index contributed by atoms with van der Waals surface area (Å²) in [5.41, 5.74) is 1.70. The van der Waals surface area contributed by atoms with Gasteiger partial charge in [0.1, 0.15) is 6.61 Å². The molecule has 0 aliphatic heterocycles. The molecule has 5 nitrogen and oxygen atoms in total. The van der Waals surface area contributed by atoms with Crippen LogP contribution in [0.4, 0.5) is 4.79 Å². The number of nitrogens with one attached hydrogen (secondary N) is 1. The molecule has 3 unspecified atom stereocenters. The largest absolute Gasteiger partial charge is 0.469 e. The minimum absolute atomic E-state index is 0.138. The number of methoxy groups -OCH3 is 1. The zero-order chi connectivity index (χ0) is 20.1. The van der Waals surface area contributed by atoms with Gasteiger partial charge in [-0.25, -0.2) is 4.79 Å². The highest BCUT2D eigenvalue weighted by molar-refractivity contribution is 5.73. The zero-order valence-electron chi connectivity index (χ0n) is 16.6. The molecule has 1 amide bonds. The third kappa shape index (κ3) is 4.35. The van der Waals surface area contributed by atoms with Crippen LogP contribution in [0.5, 0.6) is 0 Å². The van der Waals surface area contributed by atoms with Crippen molar-refractivity contribution in [2.75, 3.05) is 7.11 Å². The first-order valence-electron chi connectivity index (χ1n) is 9.55. The molecule has 1 aliphatic rings. The Bertz CT molecular complexity index is 808. The van der Waals surface area contributed by atoms with Crippen LogP contribution in [-0.2, 0) is 20.9 Å². The number of amides is 1. The first-order valence-corrected chi connectivity index (χ1v) is 9.55. The van der Waals surface area contributed by atoms with E-state index in [1.54, 1.807) is 0 Å². The lowest BCUT2D eigenvalue weighted by molar-refractivity contribution is -0.145. The maximum atomic E-state index is 12.5. The second kappa shape index (κ2) is 8.46. The lowest BCUT2D eigenvalue weighted by Crippen LogP contribution is -2.35. The highest BCUT2D eigenvalue weighted by atomic mass is 16.5. The summed E-state index contributed by atoms with van der Waals surface area (Å²) in [5.74, 6) is -0.296. The van der Waals surface area contributed by atoms with Gasteiger partial charge < -0.3 is 14.8 Å². The smallest absolute Gasteiger partial charge is 0.407 e. The average Bonchev–Trinajstić information content (AvgIpc) is 3.43. The van der Waals surface area contributed by atoms with Crippen LogP contribution >= 0.6 is 0 Å². The van der Waals surface area contributed by atoms with Gasteiger partial charge in [0.2, 0.25) is 0 Å². The van der Waals surface area contributed by atoms with E-state index in [2.05, 4.69) is 12.2 Å². The van der Waals surface area contributed by atoms with E-state index in [0.717, 1.165) is 17.5 Å². The van der Waals surface area contributed by atoms with Gasteiger partial charge in [0, 0.05) is 0 Å². The van der Waals surface area contributed by atoms with Gasteiger partial charge in [-0.3, -0.25) is 4.79 Å². The van der Waals surface area contributed by atoms with Crippen molar-refractivity contribution in [2.24, 2.45) is 17.3 Å². The lowest BCUT2D eigenvalue weighted by atomic mass is 9.86. The van der Waals surface area contributed by atoms with Gasteiger partial charge >= 0.3 is 12.1 Å². The Balaban J connectivity index is 1.72. The van der Waals surface area contributed by atoms with Gasteiger partial charge in [0.05, 0.1) is 19.1 Å². The number of ether oxygens (including phenoxy) is 2. The molecule has 0 bridgehead atoms. The summed E-state index contributed by atoms with van der Waals surface area (Å²) < 4.78 is 10.3. The molecule has 148 valence electrons. The number of carbonyl (C=O) groups excluding carboxylic acids is 2. The molecular weight excluding hydrogens is 354 g/mol. The van der Waals surface area contributed by atoms with Crippen LogP contribution in [0.1, 0.15) is 37.4 Å². The molecule has 0 radical (unpaired) electrons. The third-order valence-electron chi connectivity index (χ3n) is 5.79. The van der Waals surface area contributed by atoms with E-state index in [4.69, 9.17) is 9.47 Å². The van der Waals surface area contributed by atoms with Crippen LogP contribution in [0.15, 0.2) is 60.7 Å². The van der Waals surface area contributed by atoms with Crippen molar-refractivity contribution in [2.45, 2.75) is 32.9 Å². The third-order valence-corrected chi connectivity index (χ3v) is 5.79. The summed E-state index contributed by atoms with van der Waals surface area (Å²) in [6, 6.07) is 19.2. The summed E-state index contributed by atoms with van der Waals surface area (Å²) in [6.45, 7) is 4.21. The van der Waals surface area contributed by atoms with E-state index in [-0.39, 0.29) is 35.9 Å². The Labute approximate surface area is 166 Å². The fraction of sp³-hybridized carbons (Fsp3) is 0.391. The van der Waals surface area contributed by atoms with Crippen molar-refractivity contribution < 1.29 is 19.1 Å². The van der Waals surface area contributed by atoms with Crippen molar-refractivity contribution in [3.05, 3.63) is 71.8 Å². The Morgan fingerprint density at radius 2 is 1.71 bits per heavy atom. The Morgan fingerprint density at radius 1 is 1.11 bits per heavy atom. The van der Waals surface area contributed by atoms with Crippen molar-refractivity contribution >= 4 is 12.1 Å². The summed E-state index contributed by atoms with van der Waals surface area (Å²) in [4.78, 5) is 24.5. The molecule has 1 fully saturated rings. The minimum atomic E-state index is -0.463. The van der Waals surface area contributed by atoms with Crippen LogP contribution in [0.25, 0.3) is 0 Å². The number of hydrogen-bond donors (Lipinski definition) is 1. The van der Waals surface area contributed by atoms with Crippen LogP contribution in [0.3, 0.4) is 0 Å². The summed E-state index contributed by atoms with van der Waals surface area (Å²) in [5, 5.41) is 3.03. The molecule has 5 heteroatoms. The maximum Gasteiger partial charge on any atom is 0.407 e. The first-order chi connectivity index (χ1) is 13.5. The van der Waals surface area contributed by atoms with E-state index in [0.29, 0.717) is 0 Å². The minimum Gasteiger partial charge on any atom is -0.469 e. The van der Waals surface area contributed by atoms with Crippen LogP contribution in [0, 0.1) is 17.3 Å². The molecule has 0 saturated heterocycles. The van der Waals surface area contributed by atoms with Crippen molar-refractivity contribution in [3.63, 3.8) is 0 Å². The molecule has 1 N–H and O–H groups in total. The summed E-state index contributed by atoms with van der Waals surface area (Å²) in [7, 11) is 1.41. The average molecular weight is 381 g/mol. The highest BCUT2D eigenvalue weighted by Crippen LogP contribution is 2.63. The lowest BCUT2D eigenvalue weighted by Gasteiger charge is -2.27. The Hall–Kier alpha value is -2.82. The zero-order valence-corrected chi connectivity index (χ0v) is 16.6. The number of rotatable bonds is 7. The fourth-order valence-corrected chi connectivity index (χ4v) is 4.00. The van der Waals surface area contributed by atoms with Gasteiger partial charge in [-0.15, -0.1) is 0 Å². The second-order valence-electron chi connectivity index (χ2n) is 7.68. The monoisotopic (exact) mass is 381 g/mol. The number of alkyl carbamates (subject to hydrolysis) is 1. The fourth-order valence-electron chi connectivity index (χ4n) is 4.00. The van der Waals surface area contributed by atoms with Gasteiger partial charge in [-0.05, 0) is 28.9 Å².